The molecule has 1 aliphatic rings. The third-order valence-electron chi connectivity index (χ3n) is 2.71. The van der Waals surface area contributed by atoms with Crippen molar-refractivity contribution in [3.8, 4) is 0 Å². The molecule has 1 aliphatic heterocycles. The molecule has 72 valence electrons. The second-order valence-corrected chi connectivity index (χ2v) is 3.94. The van der Waals surface area contributed by atoms with Gasteiger partial charge in [0.25, 0.3) is 0 Å². The largest absolute Gasteiger partial charge is 0.317 e. The zero-order valence-corrected chi connectivity index (χ0v) is 8.44. The molecule has 1 N–H and O–H groups in total. The van der Waals surface area contributed by atoms with Gasteiger partial charge in [-0.2, -0.15) is 0 Å². The first-order chi connectivity index (χ1) is 6.20. The molecule has 0 aliphatic carbocycles. The fourth-order valence-corrected chi connectivity index (χ4v) is 1.72. The topological polar surface area (TPSA) is 29.1 Å². The highest BCUT2D eigenvalue weighted by atomic mass is 16.1. The standard InChI is InChI=1S/C10H18BNO/c1-8(2)10(13)11-7-9-3-5-12-6-4-9/h9,11-12H,1,3-7H2,2H3. The van der Waals surface area contributed by atoms with Crippen LogP contribution in [-0.2, 0) is 4.79 Å². The Kier molecular flexibility index (Phi) is 4.23. The summed E-state index contributed by atoms with van der Waals surface area (Å²) < 4.78 is 0. The number of nitrogens with one attached hydrogen (secondary N) is 1. The van der Waals surface area contributed by atoms with E-state index in [9.17, 15) is 4.79 Å². The predicted octanol–water partition coefficient (Wildman–Crippen LogP) is 0.944. The van der Waals surface area contributed by atoms with Crippen molar-refractivity contribution in [3.05, 3.63) is 12.2 Å². The number of carbonyl (C=O) groups excluding carboxylic acids is 1. The molecule has 0 radical (unpaired) electrons. The molecule has 0 spiro atoms. The molecule has 0 unspecified atom stereocenters. The van der Waals surface area contributed by atoms with Gasteiger partial charge in [-0.15, -0.1) is 0 Å². The van der Waals surface area contributed by atoms with Crippen LogP contribution in [0, 0.1) is 5.92 Å². The quantitative estimate of drug-likeness (QED) is 0.514. The van der Waals surface area contributed by atoms with E-state index in [2.05, 4.69) is 11.9 Å². The minimum atomic E-state index is 0.235. The normalized spacial score (nSPS) is 18.2. The molecule has 0 aromatic rings. The number of hydrogen-bond acceptors (Lipinski definition) is 2. The van der Waals surface area contributed by atoms with Gasteiger partial charge in [-0.1, -0.05) is 12.9 Å². The molecular formula is C10H18BNO. The first-order valence-corrected chi connectivity index (χ1v) is 5.09. The van der Waals surface area contributed by atoms with Crippen LogP contribution in [0.4, 0.5) is 0 Å². The van der Waals surface area contributed by atoms with E-state index in [1.54, 1.807) is 6.92 Å². The molecule has 1 fully saturated rings. The lowest BCUT2D eigenvalue weighted by atomic mass is 9.62. The van der Waals surface area contributed by atoms with Crippen LogP contribution >= 0.6 is 0 Å². The lowest BCUT2D eigenvalue weighted by Crippen LogP contribution is -2.29. The van der Waals surface area contributed by atoms with Crippen molar-refractivity contribution in [2.24, 2.45) is 5.92 Å². The average Bonchev–Trinajstić information content (AvgIpc) is 2.15. The Balaban J connectivity index is 2.17. The molecule has 0 aromatic carbocycles. The van der Waals surface area contributed by atoms with Crippen molar-refractivity contribution in [1.29, 1.82) is 0 Å². The Morgan fingerprint density at radius 2 is 2.15 bits per heavy atom. The Morgan fingerprint density at radius 1 is 1.54 bits per heavy atom. The maximum absolute atomic E-state index is 11.3. The lowest BCUT2D eigenvalue weighted by Gasteiger charge is -2.21. The van der Waals surface area contributed by atoms with Crippen molar-refractivity contribution in [2.75, 3.05) is 13.1 Å². The number of carbonyl (C=O) groups is 1. The molecule has 2 nitrogen and oxygen atoms in total. The number of allylic oxidation sites excluding steroid dienone is 1. The molecule has 1 heterocycles. The molecule has 0 atom stereocenters. The van der Waals surface area contributed by atoms with Crippen LogP contribution < -0.4 is 5.32 Å². The predicted molar refractivity (Wildman–Crippen MR) is 57.4 cm³/mol. The highest BCUT2D eigenvalue weighted by Gasteiger charge is 2.15. The zero-order chi connectivity index (χ0) is 9.68. The van der Waals surface area contributed by atoms with Crippen LogP contribution in [0.2, 0.25) is 6.32 Å². The number of hydrogen-bond donors (Lipinski definition) is 1. The van der Waals surface area contributed by atoms with E-state index in [1.165, 1.54) is 12.8 Å². The van der Waals surface area contributed by atoms with Gasteiger partial charge in [-0.05, 0) is 44.3 Å². The summed E-state index contributed by atoms with van der Waals surface area (Å²) in [5.41, 5.74) is 0.937. The van der Waals surface area contributed by atoms with E-state index in [4.69, 9.17) is 0 Å². The Hall–Kier alpha value is -0.565. The second-order valence-electron chi connectivity index (χ2n) is 3.94. The molecule has 0 amide bonds. The SMILES string of the molecule is C=C(C)C(=O)BCC1CCNCC1. The first-order valence-electron chi connectivity index (χ1n) is 5.09. The third kappa shape index (κ3) is 3.77. The maximum Gasteiger partial charge on any atom is 0.211 e. The van der Waals surface area contributed by atoms with Gasteiger partial charge in [-0.3, -0.25) is 0 Å². The van der Waals surface area contributed by atoms with Gasteiger partial charge in [0.05, 0.1) is 0 Å². The summed E-state index contributed by atoms with van der Waals surface area (Å²) in [4.78, 5) is 11.3. The van der Waals surface area contributed by atoms with Crippen molar-refractivity contribution in [1.82, 2.24) is 5.32 Å². The Morgan fingerprint density at radius 3 is 2.69 bits per heavy atom. The minimum absolute atomic E-state index is 0.235. The van der Waals surface area contributed by atoms with Crippen molar-refractivity contribution >= 4 is 13.0 Å². The maximum atomic E-state index is 11.3. The minimum Gasteiger partial charge on any atom is -0.317 e. The van der Waals surface area contributed by atoms with E-state index in [-0.39, 0.29) is 5.68 Å². The Labute approximate surface area is 81.0 Å². The molecule has 0 bridgehead atoms. The second kappa shape index (κ2) is 5.23. The van der Waals surface area contributed by atoms with Crippen LogP contribution in [0.15, 0.2) is 12.2 Å². The van der Waals surface area contributed by atoms with Gasteiger partial charge in [-0.25, -0.2) is 0 Å². The molecular weight excluding hydrogens is 161 g/mol. The van der Waals surface area contributed by atoms with Crippen molar-refractivity contribution in [2.45, 2.75) is 26.1 Å². The van der Waals surface area contributed by atoms with Crippen molar-refractivity contribution in [3.63, 3.8) is 0 Å². The average molecular weight is 179 g/mol. The van der Waals surface area contributed by atoms with Crippen molar-refractivity contribution < 1.29 is 4.79 Å². The summed E-state index contributed by atoms with van der Waals surface area (Å²) in [7, 11) is 0.694. The molecule has 0 saturated carbocycles. The summed E-state index contributed by atoms with van der Waals surface area (Å²) in [5.74, 6) is 0.754. The fourth-order valence-electron chi connectivity index (χ4n) is 1.72. The third-order valence-corrected chi connectivity index (χ3v) is 2.71. The van der Waals surface area contributed by atoms with Crippen LogP contribution in [0.3, 0.4) is 0 Å². The zero-order valence-electron chi connectivity index (χ0n) is 8.44. The van der Waals surface area contributed by atoms with E-state index in [0.29, 0.717) is 12.9 Å². The summed E-state index contributed by atoms with van der Waals surface area (Å²) in [5, 5.41) is 3.32. The van der Waals surface area contributed by atoms with Gasteiger partial charge in [0.1, 0.15) is 5.68 Å². The van der Waals surface area contributed by atoms with Gasteiger partial charge in [0, 0.05) is 0 Å². The molecule has 13 heavy (non-hydrogen) atoms. The van der Waals surface area contributed by atoms with Gasteiger partial charge < -0.3 is 10.1 Å². The van der Waals surface area contributed by atoms with Gasteiger partial charge in [0.2, 0.25) is 7.28 Å². The number of piperidine rings is 1. The Bertz CT molecular complexity index is 197. The highest BCUT2D eigenvalue weighted by Crippen LogP contribution is 2.16. The van der Waals surface area contributed by atoms with E-state index < -0.39 is 0 Å². The first kappa shape index (κ1) is 10.5. The molecule has 1 rings (SSSR count). The van der Waals surface area contributed by atoms with Gasteiger partial charge in [0.15, 0.2) is 0 Å². The summed E-state index contributed by atoms with van der Waals surface area (Å²) in [6.07, 6.45) is 3.50. The van der Waals surface area contributed by atoms with E-state index >= 15 is 0 Å². The van der Waals surface area contributed by atoms with Crippen LogP contribution in [0.5, 0.6) is 0 Å². The van der Waals surface area contributed by atoms with E-state index in [0.717, 1.165) is 25.3 Å². The van der Waals surface area contributed by atoms with Crippen LogP contribution in [-0.4, -0.2) is 26.1 Å². The summed E-state index contributed by atoms with van der Waals surface area (Å²) in [6.45, 7) is 7.69. The summed E-state index contributed by atoms with van der Waals surface area (Å²) >= 11 is 0. The fraction of sp³-hybridized carbons (Fsp3) is 0.700. The summed E-state index contributed by atoms with van der Waals surface area (Å²) in [6, 6.07) is 0. The number of rotatable bonds is 4. The molecule has 1 saturated heterocycles. The lowest BCUT2D eigenvalue weighted by molar-refractivity contribution is -0.108. The smallest absolute Gasteiger partial charge is 0.211 e. The van der Waals surface area contributed by atoms with Crippen LogP contribution in [0.1, 0.15) is 19.8 Å². The van der Waals surface area contributed by atoms with Gasteiger partial charge >= 0.3 is 0 Å². The van der Waals surface area contributed by atoms with E-state index in [1.807, 2.05) is 0 Å². The monoisotopic (exact) mass is 179 g/mol. The highest BCUT2D eigenvalue weighted by molar-refractivity contribution is 6.77. The molecule has 0 aromatic heterocycles. The molecule has 3 heteroatoms. The van der Waals surface area contributed by atoms with Crippen LogP contribution in [0.25, 0.3) is 0 Å².